The third-order valence-electron chi connectivity index (χ3n) is 4.06. The Morgan fingerprint density at radius 2 is 1.74 bits per heavy atom. The molecule has 0 saturated carbocycles. The maximum atomic E-state index is 12.2. The van der Waals surface area contributed by atoms with Crippen LogP contribution in [0, 0.1) is 6.92 Å². The van der Waals surface area contributed by atoms with Crippen molar-refractivity contribution in [1.29, 1.82) is 0 Å². The lowest BCUT2D eigenvalue weighted by Gasteiger charge is -2.17. The number of ether oxygens (including phenoxy) is 1. The van der Waals surface area contributed by atoms with Gasteiger partial charge in [-0.1, -0.05) is 35.9 Å². The summed E-state index contributed by atoms with van der Waals surface area (Å²) in [5.74, 6) is 0.727. The number of benzene rings is 2. The standard InChI is InChI=1S/C20H26N2O4S/c1-17-10-12-19(13-11-17)27(24,25)21-14-6-9-20(23)22(2)15-16-26-18-7-4-3-5-8-18/h3-5,7-8,10-13,21H,6,9,14-16H2,1-2H3. The molecule has 0 aliphatic rings. The van der Waals surface area contributed by atoms with Gasteiger partial charge in [-0.2, -0.15) is 0 Å². The van der Waals surface area contributed by atoms with Crippen LogP contribution in [0.5, 0.6) is 5.75 Å². The Hall–Kier alpha value is -2.38. The van der Waals surface area contributed by atoms with Crippen molar-refractivity contribution >= 4 is 15.9 Å². The predicted octanol–water partition coefficient (Wildman–Crippen LogP) is 2.59. The van der Waals surface area contributed by atoms with Crippen molar-refractivity contribution in [3.63, 3.8) is 0 Å². The molecule has 7 heteroatoms. The van der Waals surface area contributed by atoms with Gasteiger partial charge in [-0.15, -0.1) is 0 Å². The molecule has 0 unspecified atom stereocenters. The van der Waals surface area contributed by atoms with Gasteiger partial charge in [0.25, 0.3) is 0 Å². The molecule has 0 radical (unpaired) electrons. The number of carbonyl (C=O) groups is 1. The number of carbonyl (C=O) groups excluding carboxylic acids is 1. The minimum Gasteiger partial charge on any atom is -0.492 e. The Balaban J connectivity index is 1.66. The molecule has 146 valence electrons. The summed E-state index contributed by atoms with van der Waals surface area (Å²) in [6.07, 6.45) is 0.714. The summed E-state index contributed by atoms with van der Waals surface area (Å²) in [6, 6.07) is 16.1. The van der Waals surface area contributed by atoms with Crippen LogP contribution in [0.4, 0.5) is 0 Å². The molecule has 0 heterocycles. The maximum absolute atomic E-state index is 12.2. The molecular formula is C20H26N2O4S. The van der Waals surface area contributed by atoms with Crippen molar-refractivity contribution in [1.82, 2.24) is 9.62 Å². The van der Waals surface area contributed by atoms with E-state index in [1.807, 2.05) is 37.3 Å². The van der Waals surface area contributed by atoms with E-state index in [0.717, 1.165) is 11.3 Å². The Labute approximate surface area is 161 Å². The van der Waals surface area contributed by atoms with Crippen LogP contribution < -0.4 is 9.46 Å². The third kappa shape index (κ3) is 7.03. The normalized spacial score (nSPS) is 11.2. The van der Waals surface area contributed by atoms with Crippen LogP contribution in [0.15, 0.2) is 59.5 Å². The lowest BCUT2D eigenvalue weighted by atomic mass is 10.2. The van der Waals surface area contributed by atoms with Gasteiger partial charge < -0.3 is 9.64 Å². The third-order valence-corrected chi connectivity index (χ3v) is 5.53. The molecule has 2 aromatic carbocycles. The molecule has 0 bridgehead atoms. The zero-order chi connectivity index (χ0) is 19.7. The fourth-order valence-corrected chi connectivity index (χ4v) is 3.45. The van der Waals surface area contributed by atoms with Gasteiger partial charge in [0, 0.05) is 20.0 Å². The zero-order valence-electron chi connectivity index (χ0n) is 15.7. The van der Waals surface area contributed by atoms with E-state index in [2.05, 4.69) is 4.72 Å². The van der Waals surface area contributed by atoms with Crippen LogP contribution in [0.2, 0.25) is 0 Å². The number of sulfonamides is 1. The molecule has 0 saturated heterocycles. The highest BCUT2D eigenvalue weighted by atomic mass is 32.2. The largest absolute Gasteiger partial charge is 0.492 e. The number of rotatable bonds is 10. The Bertz CT molecular complexity index is 821. The first-order chi connectivity index (χ1) is 12.9. The van der Waals surface area contributed by atoms with E-state index in [0.29, 0.717) is 19.6 Å². The van der Waals surface area contributed by atoms with Gasteiger partial charge in [-0.25, -0.2) is 13.1 Å². The molecule has 27 heavy (non-hydrogen) atoms. The van der Waals surface area contributed by atoms with Crippen LogP contribution >= 0.6 is 0 Å². The van der Waals surface area contributed by atoms with Crippen LogP contribution in [0.25, 0.3) is 0 Å². The SMILES string of the molecule is Cc1ccc(S(=O)(=O)NCCCC(=O)N(C)CCOc2ccccc2)cc1. The predicted molar refractivity (Wildman–Crippen MR) is 105 cm³/mol. The van der Waals surface area contributed by atoms with E-state index in [4.69, 9.17) is 4.74 Å². The second kappa shape index (κ2) is 10.1. The smallest absolute Gasteiger partial charge is 0.240 e. The van der Waals surface area contributed by atoms with E-state index >= 15 is 0 Å². The van der Waals surface area contributed by atoms with Crippen LogP contribution in [-0.2, 0) is 14.8 Å². The summed E-state index contributed by atoms with van der Waals surface area (Å²) in [6.45, 7) is 3.00. The van der Waals surface area contributed by atoms with E-state index in [-0.39, 0.29) is 23.8 Å². The van der Waals surface area contributed by atoms with Crippen LogP contribution in [-0.4, -0.2) is 46.0 Å². The molecule has 2 aromatic rings. The molecule has 0 spiro atoms. The summed E-state index contributed by atoms with van der Waals surface area (Å²) in [4.78, 5) is 13.9. The van der Waals surface area contributed by atoms with Crippen molar-refractivity contribution < 1.29 is 17.9 Å². The summed E-state index contributed by atoms with van der Waals surface area (Å²) < 4.78 is 32.4. The quantitative estimate of drug-likeness (QED) is 0.633. The van der Waals surface area contributed by atoms with Gasteiger partial charge in [0.05, 0.1) is 11.4 Å². The summed E-state index contributed by atoms with van der Waals surface area (Å²) >= 11 is 0. The van der Waals surface area contributed by atoms with Gasteiger partial charge in [-0.05, 0) is 37.6 Å². The van der Waals surface area contributed by atoms with Gasteiger partial charge in [-0.3, -0.25) is 4.79 Å². The second-order valence-corrected chi connectivity index (χ2v) is 8.06. The highest BCUT2D eigenvalue weighted by Crippen LogP contribution is 2.10. The molecule has 1 amide bonds. The van der Waals surface area contributed by atoms with Crippen molar-refractivity contribution in [2.24, 2.45) is 0 Å². The van der Waals surface area contributed by atoms with E-state index in [1.54, 1.807) is 36.2 Å². The molecule has 0 aliphatic carbocycles. The van der Waals surface area contributed by atoms with Crippen molar-refractivity contribution in [3.05, 3.63) is 60.2 Å². The average molecular weight is 391 g/mol. The summed E-state index contributed by atoms with van der Waals surface area (Å²) in [7, 11) is -1.82. The number of hydrogen-bond acceptors (Lipinski definition) is 4. The molecule has 0 atom stereocenters. The minimum atomic E-state index is -3.53. The topological polar surface area (TPSA) is 75.7 Å². The van der Waals surface area contributed by atoms with Crippen molar-refractivity contribution in [2.45, 2.75) is 24.7 Å². The van der Waals surface area contributed by atoms with E-state index in [9.17, 15) is 13.2 Å². The first kappa shape index (κ1) is 20.9. The first-order valence-electron chi connectivity index (χ1n) is 8.86. The molecule has 2 rings (SSSR count). The highest BCUT2D eigenvalue weighted by molar-refractivity contribution is 7.89. The highest BCUT2D eigenvalue weighted by Gasteiger charge is 2.14. The summed E-state index contributed by atoms with van der Waals surface area (Å²) in [5.41, 5.74) is 0.999. The van der Waals surface area contributed by atoms with Gasteiger partial charge in [0.2, 0.25) is 15.9 Å². The van der Waals surface area contributed by atoms with Gasteiger partial charge >= 0.3 is 0 Å². The monoisotopic (exact) mass is 390 g/mol. The lowest BCUT2D eigenvalue weighted by Crippen LogP contribution is -2.32. The molecule has 0 fully saturated rings. The Morgan fingerprint density at radius 3 is 2.41 bits per heavy atom. The van der Waals surface area contributed by atoms with Crippen molar-refractivity contribution in [3.8, 4) is 5.75 Å². The molecular weight excluding hydrogens is 364 g/mol. The summed E-state index contributed by atoms with van der Waals surface area (Å²) in [5, 5.41) is 0. The fraction of sp³-hybridized carbons (Fsp3) is 0.350. The molecule has 1 N–H and O–H groups in total. The maximum Gasteiger partial charge on any atom is 0.240 e. The number of aryl methyl sites for hydroxylation is 1. The number of amides is 1. The van der Waals surface area contributed by atoms with Gasteiger partial charge in [0.1, 0.15) is 12.4 Å². The molecule has 0 aromatic heterocycles. The first-order valence-corrected chi connectivity index (χ1v) is 10.3. The molecule has 0 aliphatic heterocycles. The van der Waals surface area contributed by atoms with Crippen LogP contribution in [0.1, 0.15) is 18.4 Å². The number of likely N-dealkylation sites (N-methyl/N-ethyl adjacent to an activating group) is 1. The Kier molecular flexibility index (Phi) is 7.82. The van der Waals surface area contributed by atoms with Crippen molar-refractivity contribution in [2.75, 3.05) is 26.7 Å². The minimum absolute atomic E-state index is 0.0406. The Morgan fingerprint density at radius 1 is 1.07 bits per heavy atom. The van der Waals surface area contributed by atoms with Gasteiger partial charge in [0.15, 0.2) is 0 Å². The van der Waals surface area contributed by atoms with E-state index < -0.39 is 10.0 Å². The number of nitrogens with zero attached hydrogens (tertiary/aromatic N) is 1. The van der Waals surface area contributed by atoms with Crippen LogP contribution in [0.3, 0.4) is 0 Å². The van der Waals surface area contributed by atoms with E-state index in [1.165, 1.54) is 0 Å². The lowest BCUT2D eigenvalue weighted by molar-refractivity contribution is -0.130. The average Bonchev–Trinajstić information content (AvgIpc) is 2.66. The second-order valence-electron chi connectivity index (χ2n) is 6.29. The molecule has 6 nitrogen and oxygen atoms in total. The number of para-hydroxylation sites is 1. The zero-order valence-corrected chi connectivity index (χ0v) is 16.5. The number of nitrogens with one attached hydrogen (secondary N) is 1. The number of hydrogen-bond donors (Lipinski definition) is 1. The fourth-order valence-electron chi connectivity index (χ4n) is 2.38.